The first-order valence-corrected chi connectivity index (χ1v) is 6.96. The van der Waals surface area contributed by atoms with Crippen LogP contribution in [0.25, 0.3) is 11.0 Å². The molecule has 1 aromatic carbocycles. The Kier molecular flexibility index (Phi) is 3.75. The van der Waals surface area contributed by atoms with Gasteiger partial charge in [-0.3, -0.25) is 9.59 Å². The van der Waals surface area contributed by atoms with E-state index < -0.39 is 30.6 Å². The smallest absolute Gasteiger partial charge is 0.406 e. The standard InChI is InChI=1S/C15H13F3N2O3/c16-15(17,18)8-20-7-10(6-13(20)21)19-14(22)12-5-9-3-1-2-4-11(9)23-12/h1-5,10H,6-8H2,(H,19,22). The molecule has 1 atom stereocenters. The fraction of sp³-hybridized carbons (Fsp3) is 0.333. The van der Waals surface area contributed by atoms with Gasteiger partial charge in [-0.25, -0.2) is 0 Å². The maximum atomic E-state index is 12.4. The Labute approximate surface area is 129 Å². The molecular formula is C15H13F3N2O3. The molecular weight excluding hydrogens is 313 g/mol. The van der Waals surface area contributed by atoms with Crippen LogP contribution in [0.1, 0.15) is 17.0 Å². The molecule has 1 aliphatic heterocycles. The molecule has 1 saturated heterocycles. The largest absolute Gasteiger partial charge is 0.451 e. The predicted molar refractivity (Wildman–Crippen MR) is 74.7 cm³/mol. The Morgan fingerprint density at radius 1 is 1.35 bits per heavy atom. The number of fused-ring (bicyclic) bond motifs is 1. The lowest BCUT2D eigenvalue weighted by Crippen LogP contribution is -2.39. The molecule has 2 aromatic rings. The summed E-state index contributed by atoms with van der Waals surface area (Å²) in [5.41, 5.74) is 0.541. The van der Waals surface area contributed by atoms with Crippen molar-refractivity contribution in [1.82, 2.24) is 10.2 Å². The van der Waals surface area contributed by atoms with Crippen LogP contribution in [0, 0.1) is 0 Å². The average Bonchev–Trinajstić information content (AvgIpc) is 3.01. The molecule has 3 rings (SSSR count). The summed E-state index contributed by atoms with van der Waals surface area (Å²) in [6, 6.07) is 7.93. The molecule has 1 unspecified atom stereocenters. The minimum absolute atomic E-state index is 0.0629. The van der Waals surface area contributed by atoms with E-state index in [1.807, 2.05) is 0 Å². The zero-order valence-corrected chi connectivity index (χ0v) is 11.9. The minimum Gasteiger partial charge on any atom is -0.451 e. The van der Waals surface area contributed by atoms with Gasteiger partial charge in [0, 0.05) is 18.4 Å². The number of alkyl halides is 3. The SMILES string of the molecule is O=C(NC1CC(=O)N(CC(F)(F)F)C1)c1cc2ccccc2o1. The second-order valence-electron chi connectivity index (χ2n) is 5.41. The van der Waals surface area contributed by atoms with Gasteiger partial charge < -0.3 is 14.6 Å². The Bertz CT molecular complexity index is 721. The number of nitrogens with one attached hydrogen (secondary N) is 1. The molecule has 0 bridgehead atoms. The van der Waals surface area contributed by atoms with Crippen LogP contribution in [0.4, 0.5) is 13.2 Å². The minimum atomic E-state index is -4.45. The van der Waals surface area contributed by atoms with Crippen LogP contribution >= 0.6 is 0 Å². The highest BCUT2D eigenvalue weighted by Gasteiger charge is 2.38. The molecule has 23 heavy (non-hydrogen) atoms. The molecule has 8 heteroatoms. The summed E-state index contributed by atoms with van der Waals surface area (Å²) >= 11 is 0. The number of furan rings is 1. The van der Waals surface area contributed by atoms with Crippen molar-refractivity contribution in [3.63, 3.8) is 0 Å². The maximum absolute atomic E-state index is 12.4. The summed E-state index contributed by atoms with van der Waals surface area (Å²) in [6.07, 6.45) is -4.60. The second kappa shape index (κ2) is 5.60. The Morgan fingerprint density at radius 2 is 2.09 bits per heavy atom. The van der Waals surface area contributed by atoms with E-state index in [2.05, 4.69) is 5.32 Å². The number of likely N-dealkylation sites (tertiary alicyclic amines) is 1. The van der Waals surface area contributed by atoms with E-state index in [4.69, 9.17) is 4.42 Å². The lowest BCUT2D eigenvalue weighted by Gasteiger charge is -2.18. The van der Waals surface area contributed by atoms with Gasteiger partial charge in [0.2, 0.25) is 5.91 Å². The van der Waals surface area contributed by atoms with Gasteiger partial charge in [-0.2, -0.15) is 13.2 Å². The molecule has 0 aliphatic carbocycles. The van der Waals surface area contributed by atoms with Gasteiger partial charge in [0.1, 0.15) is 12.1 Å². The van der Waals surface area contributed by atoms with E-state index in [-0.39, 0.29) is 18.7 Å². The topological polar surface area (TPSA) is 62.6 Å². The molecule has 2 amide bonds. The monoisotopic (exact) mass is 326 g/mol. The third-order valence-corrected chi connectivity index (χ3v) is 3.57. The van der Waals surface area contributed by atoms with Gasteiger partial charge in [-0.1, -0.05) is 18.2 Å². The predicted octanol–water partition coefficient (Wildman–Crippen LogP) is 2.33. The molecule has 2 heterocycles. The summed E-state index contributed by atoms with van der Waals surface area (Å²) in [4.78, 5) is 24.4. The van der Waals surface area contributed by atoms with Gasteiger partial charge >= 0.3 is 6.18 Å². The van der Waals surface area contributed by atoms with Gasteiger partial charge in [0.15, 0.2) is 5.76 Å². The van der Waals surface area contributed by atoms with Gasteiger partial charge in [-0.05, 0) is 12.1 Å². The van der Waals surface area contributed by atoms with E-state index in [0.29, 0.717) is 10.5 Å². The van der Waals surface area contributed by atoms with Crippen LogP contribution in [0.5, 0.6) is 0 Å². The van der Waals surface area contributed by atoms with Gasteiger partial charge in [0.25, 0.3) is 5.91 Å². The number of para-hydroxylation sites is 1. The Morgan fingerprint density at radius 3 is 2.78 bits per heavy atom. The normalized spacial score (nSPS) is 18.7. The van der Waals surface area contributed by atoms with Crippen molar-refractivity contribution in [2.45, 2.75) is 18.6 Å². The molecule has 0 radical (unpaired) electrons. The molecule has 0 spiro atoms. The lowest BCUT2D eigenvalue weighted by atomic mass is 10.2. The summed E-state index contributed by atoms with van der Waals surface area (Å²) < 4.78 is 42.5. The van der Waals surface area contributed by atoms with Crippen molar-refractivity contribution < 1.29 is 27.2 Å². The lowest BCUT2D eigenvalue weighted by molar-refractivity contribution is -0.157. The van der Waals surface area contributed by atoms with Crippen molar-refractivity contribution >= 4 is 22.8 Å². The summed E-state index contributed by atoms with van der Waals surface area (Å²) in [5, 5.41) is 3.29. The molecule has 1 fully saturated rings. The molecule has 1 N–H and O–H groups in total. The first kappa shape index (κ1) is 15.4. The highest BCUT2D eigenvalue weighted by atomic mass is 19.4. The zero-order valence-electron chi connectivity index (χ0n) is 11.9. The second-order valence-corrected chi connectivity index (χ2v) is 5.41. The third kappa shape index (κ3) is 3.46. The van der Waals surface area contributed by atoms with E-state index in [0.717, 1.165) is 5.39 Å². The van der Waals surface area contributed by atoms with Crippen molar-refractivity contribution in [2.24, 2.45) is 0 Å². The third-order valence-electron chi connectivity index (χ3n) is 3.57. The highest BCUT2D eigenvalue weighted by Crippen LogP contribution is 2.22. The van der Waals surface area contributed by atoms with Crippen LogP contribution in [0.3, 0.4) is 0 Å². The van der Waals surface area contributed by atoms with E-state index in [9.17, 15) is 22.8 Å². The summed E-state index contributed by atoms with van der Waals surface area (Å²) in [6.45, 7) is -1.47. The molecule has 0 saturated carbocycles. The van der Waals surface area contributed by atoms with Crippen molar-refractivity contribution in [3.8, 4) is 0 Å². The first-order valence-electron chi connectivity index (χ1n) is 6.96. The first-order chi connectivity index (χ1) is 10.8. The van der Waals surface area contributed by atoms with Gasteiger partial charge in [-0.15, -0.1) is 0 Å². The Hall–Kier alpha value is -2.51. The van der Waals surface area contributed by atoms with E-state index in [1.165, 1.54) is 0 Å². The number of amides is 2. The fourth-order valence-electron chi connectivity index (χ4n) is 2.59. The van der Waals surface area contributed by atoms with Crippen LogP contribution in [0.15, 0.2) is 34.7 Å². The van der Waals surface area contributed by atoms with E-state index in [1.54, 1.807) is 30.3 Å². The number of hydrogen-bond donors (Lipinski definition) is 1. The summed E-state index contributed by atoms with van der Waals surface area (Å²) in [5.74, 6) is -1.11. The number of nitrogens with zero attached hydrogens (tertiary/aromatic N) is 1. The number of benzene rings is 1. The number of carbonyl (C=O) groups excluding carboxylic acids is 2. The average molecular weight is 326 g/mol. The van der Waals surface area contributed by atoms with Crippen LogP contribution < -0.4 is 5.32 Å². The zero-order chi connectivity index (χ0) is 16.6. The number of halogens is 3. The van der Waals surface area contributed by atoms with Crippen molar-refractivity contribution in [2.75, 3.05) is 13.1 Å². The van der Waals surface area contributed by atoms with E-state index >= 15 is 0 Å². The molecule has 1 aromatic heterocycles. The Balaban J connectivity index is 1.65. The number of carbonyl (C=O) groups is 2. The van der Waals surface area contributed by atoms with Gasteiger partial charge in [0.05, 0.1) is 6.04 Å². The molecule has 5 nitrogen and oxygen atoms in total. The summed E-state index contributed by atoms with van der Waals surface area (Å²) in [7, 11) is 0. The quantitative estimate of drug-likeness (QED) is 0.941. The number of rotatable bonds is 3. The maximum Gasteiger partial charge on any atom is 0.406 e. The fourth-order valence-corrected chi connectivity index (χ4v) is 2.59. The number of hydrogen-bond acceptors (Lipinski definition) is 3. The van der Waals surface area contributed by atoms with Crippen molar-refractivity contribution in [3.05, 3.63) is 36.1 Å². The molecule has 1 aliphatic rings. The van der Waals surface area contributed by atoms with Crippen LogP contribution in [0.2, 0.25) is 0 Å². The van der Waals surface area contributed by atoms with Crippen LogP contribution in [-0.4, -0.2) is 42.0 Å². The van der Waals surface area contributed by atoms with Crippen LogP contribution in [-0.2, 0) is 4.79 Å². The molecule has 122 valence electrons. The highest BCUT2D eigenvalue weighted by molar-refractivity contribution is 5.96. The van der Waals surface area contributed by atoms with Crippen molar-refractivity contribution in [1.29, 1.82) is 0 Å².